The molecule has 0 bridgehead atoms. The molecule has 0 saturated heterocycles. The normalized spacial score (nSPS) is 10.0. The summed E-state index contributed by atoms with van der Waals surface area (Å²) >= 11 is 0. The van der Waals surface area contributed by atoms with Crippen LogP contribution in [0.3, 0.4) is 0 Å². The van der Waals surface area contributed by atoms with Gasteiger partial charge in [-0.3, -0.25) is 0 Å². The minimum atomic E-state index is 1.31. The lowest BCUT2D eigenvalue weighted by molar-refractivity contribution is 1.38. The van der Waals surface area contributed by atoms with Crippen molar-refractivity contribution in [3.8, 4) is 11.1 Å². The summed E-state index contributed by atoms with van der Waals surface area (Å²) in [5.74, 6) is 0. The second-order valence-electron chi connectivity index (χ2n) is 5.01. The zero-order chi connectivity index (χ0) is 15.0. The van der Waals surface area contributed by atoms with Crippen molar-refractivity contribution in [1.82, 2.24) is 0 Å². The molecule has 0 unspecified atom stereocenters. The molecule has 0 aliphatic carbocycles. The molecule has 0 atom stereocenters. The van der Waals surface area contributed by atoms with Gasteiger partial charge in [-0.2, -0.15) is 0 Å². The molecule has 0 aliphatic rings. The van der Waals surface area contributed by atoms with Crippen LogP contribution in [-0.2, 0) is 0 Å². The van der Waals surface area contributed by atoms with Gasteiger partial charge in [0.05, 0.1) is 0 Å². The van der Waals surface area contributed by atoms with Crippen molar-refractivity contribution < 1.29 is 0 Å². The average molecular weight is 264 g/mol. The van der Waals surface area contributed by atoms with E-state index in [4.69, 9.17) is 0 Å². The summed E-state index contributed by atoms with van der Waals surface area (Å²) in [5, 5.41) is 0. The first-order chi connectivity index (χ1) is 9.56. The second kappa shape index (κ2) is 8.16. The Morgan fingerprint density at radius 2 is 1.40 bits per heavy atom. The SMILES string of the molecule is C=C/C=C\C.Cc1cccc(-c2cc(C)cc(C)c2)c1. The fourth-order valence-corrected chi connectivity index (χ4v) is 2.10. The maximum absolute atomic E-state index is 3.46. The standard InChI is InChI=1S/C15H16.C5H8/c1-11-5-4-6-14(8-11)15-9-12(2)7-13(3)10-15;1-3-5-4-2/h4-10H,1-3H3;3-5H,1H2,2H3/b;5-4-. The van der Waals surface area contributed by atoms with Crippen molar-refractivity contribution in [3.63, 3.8) is 0 Å². The van der Waals surface area contributed by atoms with Gasteiger partial charge in [-0.1, -0.05) is 84.0 Å². The summed E-state index contributed by atoms with van der Waals surface area (Å²) < 4.78 is 0. The first-order valence-electron chi connectivity index (χ1n) is 6.96. The minimum Gasteiger partial charge on any atom is -0.0991 e. The fourth-order valence-electron chi connectivity index (χ4n) is 2.10. The van der Waals surface area contributed by atoms with Gasteiger partial charge in [0.2, 0.25) is 0 Å². The van der Waals surface area contributed by atoms with Crippen molar-refractivity contribution in [2.75, 3.05) is 0 Å². The van der Waals surface area contributed by atoms with Crippen LogP contribution in [-0.4, -0.2) is 0 Å². The van der Waals surface area contributed by atoms with E-state index in [-0.39, 0.29) is 0 Å². The van der Waals surface area contributed by atoms with Crippen LogP contribution in [0.2, 0.25) is 0 Å². The molecule has 0 aromatic heterocycles. The zero-order valence-electron chi connectivity index (χ0n) is 13.0. The van der Waals surface area contributed by atoms with Crippen molar-refractivity contribution in [3.05, 3.63) is 84.0 Å². The van der Waals surface area contributed by atoms with E-state index in [1.54, 1.807) is 6.08 Å². The molecular weight excluding hydrogens is 240 g/mol. The molecule has 0 heterocycles. The van der Waals surface area contributed by atoms with Crippen LogP contribution in [0.1, 0.15) is 23.6 Å². The molecule has 0 aliphatic heterocycles. The van der Waals surface area contributed by atoms with Crippen LogP contribution in [0.25, 0.3) is 11.1 Å². The summed E-state index contributed by atoms with van der Waals surface area (Å²) in [6.45, 7) is 11.8. The highest BCUT2D eigenvalue weighted by Gasteiger charge is 1.99. The predicted octanol–water partition coefficient (Wildman–Crippen LogP) is 6.03. The lowest BCUT2D eigenvalue weighted by Gasteiger charge is -2.06. The Morgan fingerprint density at radius 1 is 0.800 bits per heavy atom. The van der Waals surface area contributed by atoms with Crippen LogP contribution in [0.4, 0.5) is 0 Å². The largest absolute Gasteiger partial charge is 0.0991 e. The van der Waals surface area contributed by atoms with Gasteiger partial charge in [0.1, 0.15) is 0 Å². The Labute approximate surface area is 123 Å². The van der Waals surface area contributed by atoms with Crippen LogP contribution in [0.15, 0.2) is 67.3 Å². The van der Waals surface area contributed by atoms with E-state index in [1.807, 2.05) is 19.1 Å². The smallest absolute Gasteiger partial charge is 0.0179 e. The molecule has 2 aromatic rings. The Balaban J connectivity index is 0.000000347. The van der Waals surface area contributed by atoms with Crippen LogP contribution >= 0.6 is 0 Å². The molecular formula is C20H24. The summed E-state index contributed by atoms with van der Waals surface area (Å²) in [4.78, 5) is 0. The monoisotopic (exact) mass is 264 g/mol. The van der Waals surface area contributed by atoms with E-state index in [1.165, 1.54) is 27.8 Å². The zero-order valence-corrected chi connectivity index (χ0v) is 13.0. The van der Waals surface area contributed by atoms with Crippen molar-refractivity contribution in [1.29, 1.82) is 0 Å². The number of allylic oxidation sites excluding steroid dienone is 3. The predicted molar refractivity (Wildman–Crippen MR) is 91.1 cm³/mol. The first-order valence-corrected chi connectivity index (χ1v) is 6.96. The Morgan fingerprint density at radius 3 is 1.85 bits per heavy atom. The lowest BCUT2D eigenvalue weighted by Crippen LogP contribution is -1.83. The van der Waals surface area contributed by atoms with Crippen LogP contribution in [0.5, 0.6) is 0 Å². The van der Waals surface area contributed by atoms with E-state index < -0.39 is 0 Å². The third-order valence-corrected chi connectivity index (χ3v) is 2.90. The highest BCUT2D eigenvalue weighted by Crippen LogP contribution is 2.22. The number of aryl methyl sites for hydroxylation is 3. The molecule has 0 N–H and O–H groups in total. The van der Waals surface area contributed by atoms with Gasteiger partial charge >= 0.3 is 0 Å². The number of hydrogen-bond donors (Lipinski definition) is 0. The van der Waals surface area contributed by atoms with E-state index in [9.17, 15) is 0 Å². The van der Waals surface area contributed by atoms with Gasteiger partial charge in [-0.15, -0.1) is 0 Å². The number of hydrogen-bond acceptors (Lipinski definition) is 0. The van der Waals surface area contributed by atoms with Crippen LogP contribution in [0, 0.1) is 20.8 Å². The fraction of sp³-hybridized carbons (Fsp3) is 0.200. The highest BCUT2D eigenvalue weighted by molar-refractivity contribution is 5.65. The number of rotatable bonds is 2. The van der Waals surface area contributed by atoms with Gasteiger partial charge < -0.3 is 0 Å². The molecule has 0 fully saturated rings. The molecule has 2 aromatic carbocycles. The topological polar surface area (TPSA) is 0 Å². The summed E-state index contributed by atoms with van der Waals surface area (Å²) in [5.41, 5.74) is 6.59. The van der Waals surface area contributed by atoms with Gasteiger partial charge in [-0.05, 0) is 38.8 Å². The minimum absolute atomic E-state index is 1.31. The molecule has 104 valence electrons. The Kier molecular flexibility index (Phi) is 6.52. The van der Waals surface area contributed by atoms with Gasteiger partial charge in [0.15, 0.2) is 0 Å². The summed E-state index contributed by atoms with van der Waals surface area (Å²) in [6.07, 6.45) is 5.58. The molecule has 0 spiro atoms. The quantitative estimate of drug-likeness (QED) is 0.581. The molecule has 20 heavy (non-hydrogen) atoms. The molecule has 0 nitrogen and oxygen atoms in total. The molecule has 0 heteroatoms. The lowest BCUT2D eigenvalue weighted by atomic mass is 10.00. The van der Waals surface area contributed by atoms with Crippen molar-refractivity contribution in [2.45, 2.75) is 27.7 Å². The maximum atomic E-state index is 3.46. The van der Waals surface area contributed by atoms with E-state index in [0.29, 0.717) is 0 Å². The van der Waals surface area contributed by atoms with Gasteiger partial charge in [0, 0.05) is 0 Å². The third kappa shape index (κ3) is 5.27. The summed E-state index contributed by atoms with van der Waals surface area (Å²) in [6, 6.07) is 15.3. The number of benzene rings is 2. The summed E-state index contributed by atoms with van der Waals surface area (Å²) in [7, 11) is 0. The van der Waals surface area contributed by atoms with Crippen molar-refractivity contribution in [2.24, 2.45) is 0 Å². The Hall–Kier alpha value is -2.08. The van der Waals surface area contributed by atoms with E-state index in [2.05, 4.69) is 69.8 Å². The Bertz CT molecular complexity index is 568. The highest BCUT2D eigenvalue weighted by atomic mass is 14.0. The molecule has 0 radical (unpaired) electrons. The third-order valence-electron chi connectivity index (χ3n) is 2.90. The molecule has 0 amide bonds. The molecule has 2 rings (SSSR count). The average Bonchev–Trinajstić information content (AvgIpc) is 2.39. The van der Waals surface area contributed by atoms with Gasteiger partial charge in [-0.25, -0.2) is 0 Å². The maximum Gasteiger partial charge on any atom is -0.0179 e. The molecule has 0 saturated carbocycles. The van der Waals surface area contributed by atoms with Crippen molar-refractivity contribution >= 4 is 0 Å². The van der Waals surface area contributed by atoms with Crippen LogP contribution < -0.4 is 0 Å². The van der Waals surface area contributed by atoms with E-state index >= 15 is 0 Å². The van der Waals surface area contributed by atoms with E-state index in [0.717, 1.165) is 0 Å². The first kappa shape index (κ1) is 16.0. The van der Waals surface area contributed by atoms with Gasteiger partial charge in [0.25, 0.3) is 0 Å². The second-order valence-corrected chi connectivity index (χ2v) is 5.01.